The highest BCUT2D eigenvalue weighted by atomic mass is 15.3. The number of imidazole rings is 1. The topological polar surface area (TPSA) is 42.2 Å². The molecule has 0 fully saturated rings. The van der Waals surface area contributed by atoms with E-state index in [0.717, 1.165) is 22.5 Å². The molecule has 2 aromatic carbocycles. The third kappa shape index (κ3) is 2.33. The Hall–Kier alpha value is -2.62. The van der Waals surface area contributed by atoms with Crippen molar-refractivity contribution >= 4 is 22.9 Å². The molecule has 0 saturated heterocycles. The minimum Gasteiger partial charge on any atom is -0.326 e. The fourth-order valence-corrected chi connectivity index (χ4v) is 1.96. The average molecular weight is 250 g/mol. The van der Waals surface area contributed by atoms with Crippen LogP contribution in [-0.2, 0) is 7.05 Å². The molecule has 0 amide bonds. The summed E-state index contributed by atoms with van der Waals surface area (Å²) in [6.45, 7) is 0. The number of hydrazone groups is 1. The molecule has 19 heavy (non-hydrogen) atoms. The smallest absolute Gasteiger partial charge is 0.153 e. The van der Waals surface area contributed by atoms with E-state index in [0.29, 0.717) is 0 Å². The van der Waals surface area contributed by atoms with Gasteiger partial charge < -0.3 is 4.57 Å². The predicted molar refractivity (Wildman–Crippen MR) is 78.4 cm³/mol. The predicted octanol–water partition coefficient (Wildman–Crippen LogP) is 3.02. The Balaban J connectivity index is 1.83. The van der Waals surface area contributed by atoms with Crippen LogP contribution in [0, 0.1) is 0 Å². The van der Waals surface area contributed by atoms with Crippen LogP contribution in [0.3, 0.4) is 0 Å². The standard InChI is InChI=1S/C15H14N4/c1-19-14-10-6-5-9-13(14)17-15(19)11-16-18-12-7-3-2-4-8-12/h2-11,18H,1H3/b16-11-. The van der Waals surface area contributed by atoms with Crippen molar-refractivity contribution < 1.29 is 0 Å². The molecule has 3 aromatic rings. The van der Waals surface area contributed by atoms with Gasteiger partial charge in [0.15, 0.2) is 5.82 Å². The van der Waals surface area contributed by atoms with Gasteiger partial charge >= 0.3 is 0 Å². The Kier molecular flexibility index (Phi) is 2.98. The van der Waals surface area contributed by atoms with Gasteiger partial charge in [-0.25, -0.2) is 4.98 Å². The second-order valence-electron chi connectivity index (χ2n) is 4.25. The third-order valence-corrected chi connectivity index (χ3v) is 2.97. The molecule has 0 atom stereocenters. The molecule has 3 rings (SSSR count). The lowest BCUT2D eigenvalue weighted by Gasteiger charge is -1.99. The number of nitrogens with zero attached hydrogens (tertiary/aromatic N) is 3. The minimum absolute atomic E-state index is 0.824. The summed E-state index contributed by atoms with van der Waals surface area (Å²) in [6.07, 6.45) is 1.73. The Morgan fingerprint density at radius 1 is 1.05 bits per heavy atom. The van der Waals surface area contributed by atoms with E-state index >= 15 is 0 Å². The van der Waals surface area contributed by atoms with Crippen LogP contribution in [0.15, 0.2) is 59.7 Å². The molecule has 1 heterocycles. The number of anilines is 1. The molecule has 4 heteroatoms. The van der Waals surface area contributed by atoms with E-state index in [2.05, 4.69) is 15.5 Å². The van der Waals surface area contributed by atoms with Crippen LogP contribution in [0.25, 0.3) is 11.0 Å². The summed E-state index contributed by atoms with van der Waals surface area (Å²) in [5.74, 6) is 0.824. The van der Waals surface area contributed by atoms with E-state index < -0.39 is 0 Å². The SMILES string of the molecule is Cn1c(/C=N\Nc2ccccc2)nc2ccccc21. The van der Waals surface area contributed by atoms with E-state index in [4.69, 9.17) is 0 Å². The van der Waals surface area contributed by atoms with Gasteiger partial charge in [0.05, 0.1) is 22.9 Å². The van der Waals surface area contributed by atoms with Gasteiger partial charge in [0.1, 0.15) is 0 Å². The van der Waals surface area contributed by atoms with Gasteiger partial charge in [0, 0.05) is 7.05 Å². The Labute approximate surface area is 111 Å². The van der Waals surface area contributed by atoms with Gasteiger partial charge in [-0.05, 0) is 24.3 Å². The molecular formula is C15H14N4. The first-order valence-corrected chi connectivity index (χ1v) is 6.10. The first-order chi connectivity index (χ1) is 9.34. The monoisotopic (exact) mass is 250 g/mol. The highest BCUT2D eigenvalue weighted by Crippen LogP contribution is 2.13. The maximum Gasteiger partial charge on any atom is 0.153 e. The van der Waals surface area contributed by atoms with Crippen LogP contribution in [-0.4, -0.2) is 15.8 Å². The Morgan fingerprint density at radius 2 is 1.79 bits per heavy atom. The zero-order chi connectivity index (χ0) is 13.1. The normalized spacial score (nSPS) is 11.2. The van der Waals surface area contributed by atoms with Crippen molar-refractivity contribution in [3.63, 3.8) is 0 Å². The van der Waals surface area contributed by atoms with Gasteiger partial charge in [-0.3, -0.25) is 5.43 Å². The number of nitrogens with one attached hydrogen (secondary N) is 1. The molecule has 0 aliphatic heterocycles. The van der Waals surface area contributed by atoms with Crippen molar-refractivity contribution in [2.24, 2.45) is 12.1 Å². The number of hydrogen-bond acceptors (Lipinski definition) is 3. The van der Waals surface area contributed by atoms with Gasteiger partial charge in [0.2, 0.25) is 0 Å². The zero-order valence-corrected chi connectivity index (χ0v) is 10.6. The third-order valence-electron chi connectivity index (χ3n) is 2.97. The maximum atomic E-state index is 4.52. The lowest BCUT2D eigenvalue weighted by molar-refractivity contribution is 0.934. The van der Waals surface area contributed by atoms with E-state index in [1.165, 1.54) is 0 Å². The van der Waals surface area contributed by atoms with Crippen LogP contribution in [0.5, 0.6) is 0 Å². The summed E-state index contributed by atoms with van der Waals surface area (Å²) in [5, 5.41) is 4.21. The van der Waals surface area contributed by atoms with E-state index in [1.807, 2.05) is 66.2 Å². The van der Waals surface area contributed by atoms with E-state index in [9.17, 15) is 0 Å². The Morgan fingerprint density at radius 3 is 2.58 bits per heavy atom. The summed E-state index contributed by atoms with van der Waals surface area (Å²) >= 11 is 0. The molecule has 1 aromatic heterocycles. The van der Waals surface area contributed by atoms with Crippen molar-refractivity contribution in [3.8, 4) is 0 Å². The maximum absolute atomic E-state index is 4.52. The molecule has 0 spiro atoms. The minimum atomic E-state index is 0.824. The lowest BCUT2D eigenvalue weighted by Crippen LogP contribution is -1.98. The molecule has 94 valence electrons. The largest absolute Gasteiger partial charge is 0.326 e. The fraction of sp³-hybridized carbons (Fsp3) is 0.0667. The van der Waals surface area contributed by atoms with Crippen molar-refractivity contribution in [1.82, 2.24) is 9.55 Å². The van der Waals surface area contributed by atoms with Crippen molar-refractivity contribution in [2.75, 3.05) is 5.43 Å². The molecule has 0 bridgehead atoms. The zero-order valence-electron chi connectivity index (χ0n) is 10.6. The van der Waals surface area contributed by atoms with Crippen LogP contribution < -0.4 is 5.43 Å². The molecular weight excluding hydrogens is 236 g/mol. The van der Waals surface area contributed by atoms with E-state index in [1.54, 1.807) is 6.21 Å². The van der Waals surface area contributed by atoms with Gasteiger partial charge in [-0.2, -0.15) is 5.10 Å². The first kappa shape index (κ1) is 11.5. The molecule has 1 N–H and O–H groups in total. The molecule has 0 radical (unpaired) electrons. The van der Waals surface area contributed by atoms with Crippen LogP contribution in [0.4, 0.5) is 5.69 Å². The molecule has 0 saturated carbocycles. The number of hydrogen-bond donors (Lipinski definition) is 1. The van der Waals surface area contributed by atoms with Crippen LogP contribution in [0.1, 0.15) is 5.82 Å². The highest BCUT2D eigenvalue weighted by Gasteiger charge is 2.03. The van der Waals surface area contributed by atoms with Crippen molar-refractivity contribution in [1.29, 1.82) is 0 Å². The summed E-state index contributed by atoms with van der Waals surface area (Å²) in [5.41, 5.74) is 6.02. The second kappa shape index (κ2) is 4.94. The second-order valence-corrected chi connectivity index (χ2v) is 4.25. The number of benzene rings is 2. The number of rotatable bonds is 3. The number of fused-ring (bicyclic) bond motifs is 1. The summed E-state index contributed by atoms with van der Waals surface area (Å²) in [7, 11) is 1.99. The summed E-state index contributed by atoms with van der Waals surface area (Å²) in [4.78, 5) is 4.52. The number of para-hydroxylation sites is 3. The molecule has 0 aliphatic rings. The summed E-state index contributed by atoms with van der Waals surface area (Å²) < 4.78 is 2.02. The molecule has 0 aliphatic carbocycles. The molecule has 0 unspecified atom stereocenters. The summed E-state index contributed by atoms with van der Waals surface area (Å²) in [6, 6.07) is 17.9. The highest BCUT2D eigenvalue weighted by molar-refractivity contribution is 5.85. The quantitative estimate of drug-likeness (QED) is 0.573. The number of aromatic nitrogens is 2. The lowest BCUT2D eigenvalue weighted by atomic mass is 10.3. The van der Waals surface area contributed by atoms with Crippen LogP contribution in [0.2, 0.25) is 0 Å². The Bertz CT molecular complexity index is 713. The fourth-order valence-electron chi connectivity index (χ4n) is 1.96. The van der Waals surface area contributed by atoms with Crippen molar-refractivity contribution in [2.45, 2.75) is 0 Å². The molecule has 4 nitrogen and oxygen atoms in total. The average Bonchev–Trinajstić information content (AvgIpc) is 2.78. The van der Waals surface area contributed by atoms with Gasteiger partial charge in [-0.1, -0.05) is 30.3 Å². The van der Waals surface area contributed by atoms with Crippen molar-refractivity contribution in [3.05, 3.63) is 60.4 Å². The van der Waals surface area contributed by atoms with Crippen LogP contribution >= 0.6 is 0 Å². The van der Waals surface area contributed by atoms with Gasteiger partial charge in [0.25, 0.3) is 0 Å². The van der Waals surface area contributed by atoms with Gasteiger partial charge in [-0.15, -0.1) is 0 Å². The number of aryl methyl sites for hydroxylation is 1. The van der Waals surface area contributed by atoms with E-state index in [-0.39, 0.29) is 0 Å². The first-order valence-electron chi connectivity index (χ1n) is 6.10.